The molecule has 64 heavy (non-hydrogen) atoms. The van der Waals surface area contributed by atoms with Gasteiger partial charge in [0.2, 0.25) is 0 Å². The first kappa shape index (κ1) is 45.3. The van der Waals surface area contributed by atoms with Gasteiger partial charge in [-0.1, -0.05) is 91.7 Å². The molecule has 0 unspecified atom stereocenters. The zero-order valence-corrected chi connectivity index (χ0v) is 38.6. The molecule has 0 bridgehead atoms. The Morgan fingerprint density at radius 2 is 1.06 bits per heavy atom. The lowest BCUT2D eigenvalue weighted by atomic mass is 9.97. The van der Waals surface area contributed by atoms with E-state index in [4.69, 9.17) is 18.9 Å². The number of benzene rings is 4. The van der Waals surface area contributed by atoms with Crippen LogP contribution in [0.1, 0.15) is 67.2 Å². The van der Waals surface area contributed by atoms with E-state index in [0.717, 1.165) is 84.6 Å². The molecule has 2 saturated heterocycles. The molecule has 8 rings (SSSR count). The van der Waals surface area contributed by atoms with Crippen molar-refractivity contribution in [2.45, 2.75) is 70.9 Å². The van der Waals surface area contributed by atoms with Gasteiger partial charge in [0.1, 0.15) is 5.75 Å². The minimum absolute atomic E-state index is 0.301. The van der Waals surface area contributed by atoms with Gasteiger partial charge in [0.25, 0.3) is 0 Å². The van der Waals surface area contributed by atoms with Crippen LogP contribution in [0.25, 0.3) is 20.9 Å². The molecule has 8 nitrogen and oxygen atoms in total. The Morgan fingerprint density at radius 3 is 1.64 bits per heavy atom. The van der Waals surface area contributed by atoms with Gasteiger partial charge in [0.15, 0.2) is 11.5 Å². The summed E-state index contributed by atoms with van der Waals surface area (Å²) < 4.78 is 24.1. The molecule has 0 saturated carbocycles. The first-order chi connectivity index (χ1) is 31.5. The molecule has 0 radical (unpaired) electrons. The first-order valence-corrected chi connectivity index (χ1v) is 24.7. The number of thiophene rings is 2. The third-order valence-corrected chi connectivity index (χ3v) is 14.0. The van der Waals surface area contributed by atoms with Crippen molar-refractivity contribution < 1.29 is 28.5 Å². The smallest absolute Gasteiger partial charge is 0.319 e. The molecule has 4 heterocycles. The van der Waals surface area contributed by atoms with Crippen molar-refractivity contribution >= 4 is 34.6 Å². The van der Waals surface area contributed by atoms with Crippen molar-refractivity contribution in [2.75, 3.05) is 46.5 Å². The highest BCUT2D eigenvalue weighted by atomic mass is 32.1. The van der Waals surface area contributed by atoms with Gasteiger partial charge in [0, 0.05) is 60.1 Å². The van der Waals surface area contributed by atoms with E-state index in [1.807, 2.05) is 6.07 Å². The average molecular weight is 897 g/mol. The minimum atomic E-state index is -0.424. The molecule has 334 valence electrons. The molecular weight excluding hydrogens is 837 g/mol. The number of unbranched alkanes of at least 4 members (excludes halogenated alkanes) is 5. The average Bonchev–Trinajstić information content (AvgIpc) is 4.04. The number of carbonyl (C=O) groups excluding carboxylic acids is 2. The highest BCUT2D eigenvalue weighted by molar-refractivity contribution is 7.13. The largest absolute Gasteiger partial charge is 0.493 e. The van der Waals surface area contributed by atoms with Crippen LogP contribution in [0.15, 0.2) is 126 Å². The molecular formula is C54H60N2O6S2. The van der Waals surface area contributed by atoms with Crippen LogP contribution in [0.2, 0.25) is 0 Å². The van der Waals surface area contributed by atoms with Crippen LogP contribution in [-0.4, -0.2) is 68.2 Å². The number of likely N-dealkylation sites (tertiary alicyclic amines) is 2. The summed E-state index contributed by atoms with van der Waals surface area (Å²) in [6.45, 7) is 4.92. The molecule has 6 aromatic rings. The fourth-order valence-corrected chi connectivity index (χ4v) is 10.1. The fourth-order valence-electron chi connectivity index (χ4n) is 8.61. The summed E-state index contributed by atoms with van der Waals surface area (Å²) in [6.07, 6.45) is 9.96. The van der Waals surface area contributed by atoms with Crippen molar-refractivity contribution in [1.82, 2.24) is 9.80 Å². The maximum absolute atomic E-state index is 13.1. The van der Waals surface area contributed by atoms with Crippen LogP contribution in [-0.2, 0) is 40.3 Å². The minimum Gasteiger partial charge on any atom is -0.493 e. The van der Waals surface area contributed by atoms with Crippen molar-refractivity contribution in [2.24, 2.45) is 11.8 Å². The number of hydrogen-bond donors (Lipinski definition) is 0. The van der Waals surface area contributed by atoms with Crippen LogP contribution in [0.3, 0.4) is 0 Å². The lowest BCUT2D eigenvalue weighted by Crippen LogP contribution is -2.53. The van der Waals surface area contributed by atoms with Gasteiger partial charge in [-0.3, -0.25) is 19.4 Å². The fraction of sp³-hybridized carbons (Fsp3) is 0.370. The Kier molecular flexibility index (Phi) is 16.3. The van der Waals surface area contributed by atoms with Gasteiger partial charge in [-0.05, 0) is 114 Å². The molecule has 0 atom stereocenters. The summed E-state index contributed by atoms with van der Waals surface area (Å²) in [6, 6.07) is 40.3. The molecule has 2 aliphatic rings. The predicted molar refractivity (Wildman–Crippen MR) is 258 cm³/mol. The van der Waals surface area contributed by atoms with E-state index in [1.165, 1.54) is 34.4 Å². The maximum Gasteiger partial charge on any atom is 0.319 e. The van der Waals surface area contributed by atoms with E-state index >= 15 is 0 Å². The lowest BCUT2D eigenvalue weighted by Gasteiger charge is -2.39. The molecule has 0 aliphatic carbocycles. The number of hydrogen-bond acceptors (Lipinski definition) is 10. The summed E-state index contributed by atoms with van der Waals surface area (Å²) in [7, 11) is 1.69. The monoisotopic (exact) mass is 896 g/mol. The summed E-state index contributed by atoms with van der Waals surface area (Å²) in [5, 5.41) is 4.17. The van der Waals surface area contributed by atoms with Crippen LogP contribution in [0, 0.1) is 11.8 Å². The molecule has 10 heteroatoms. The number of carbonyl (C=O) groups is 2. The molecule has 2 aromatic heterocycles. The normalized spacial score (nSPS) is 14.5. The number of aryl methyl sites for hydroxylation is 2. The van der Waals surface area contributed by atoms with Crippen molar-refractivity contribution in [3.63, 3.8) is 0 Å². The topological polar surface area (TPSA) is 77.5 Å². The zero-order chi connectivity index (χ0) is 43.9. The number of ether oxygens (including phenoxy) is 4. The molecule has 0 spiro atoms. The van der Waals surface area contributed by atoms with Gasteiger partial charge < -0.3 is 18.9 Å². The Morgan fingerprint density at radius 1 is 0.531 bits per heavy atom. The second kappa shape index (κ2) is 23.1. The second-order valence-corrected chi connectivity index (χ2v) is 19.0. The van der Waals surface area contributed by atoms with Gasteiger partial charge in [-0.2, -0.15) is 0 Å². The van der Waals surface area contributed by atoms with Gasteiger partial charge in [-0.15, -0.1) is 22.7 Å². The predicted octanol–water partition coefficient (Wildman–Crippen LogP) is 11.8. The molecule has 4 aromatic carbocycles. The van der Waals surface area contributed by atoms with Crippen molar-refractivity contribution in [3.05, 3.63) is 148 Å². The molecule has 0 amide bonds. The van der Waals surface area contributed by atoms with Gasteiger partial charge >= 0.3 is 11.9 Å². The maximum atomic E-state index is 13.1. The van der Waals surface area contributed by atoms with E-state index < -0.39 is 11.9 Å². The second-order valence-electron chi connectivity index (χ2n) is 17.1. The van der Waals surface area contributed by atoms with Crippen molar-refractivity contribution in [3.8, 4) is 38.1 Å². The first-order valence-electron chi connectivity index (χ1n) is 22.9. The third kappa shape index (κ3) is 12.5. The van der Waals surface area contributed by atoms with E-state index in [-0.39, 0.29) is 11.8 Å². The van der Waals surface area contributed by atoms with Crippen LogP contribution >= 0.6 is 22.7 Å². The third-order valence-electron chi connectivity index (χ3n) is 12.2. The van der Waals surface area contributed by atoms with E-state index in [2.05, 4.69) is 130 Å². The van der Waals surface area contributed by atoms with Crippen LogP contribution in [0.5, 0.6) is 17.2 Å². The summed E-state index contributed by atoms with van der Waals surface area (Å²) in [4.78, 5) is 32.9. The SMILES string of the molecule is COc1cc(CN2CC(C(=O)OC(=O)C3CN(Cc4ccc(OCCCCCCc5ccccc5)c(-c5cccs5)c4)C3)C2)cc(-c2cccs2)c1OCCCCCc1ccccc1. The summed E-state index contributed by atoms with van der Waals surface area (Å²) >= 11 is 3.39. The van der Waals surface area contributed by atoms with Gasteiger partial charge in [-0.25, -0.2) is 0 Å². The lowest BCUT2D eigenvalue weighted by molar-refractivity contribution is -0.172. The van der Waals surface area contributed by atoms with Crippen LogP contribution in [0.4, 0.5) is 0 Å². The van der Waals surface area contributed by atoms with Crippen LogP contribution < -0.4 is 14.2 Å². The Hall–Kier alpha value is -5.26. The van der Waals surface area contributed by atoms with E-state index in [0.29, 0.717) is 51.7 Å². The van der Waals surface area contributed by atoms with Gasteiger partial charge in [0.05, 0.1) is 32.2 Å². The Bertz CT molecular complexity index is 2360. The number of methoxy groups -OCH3 is 1. The highest BCUT2D eigenvalue weighted by Crippen LogP contribution is 2.42. The number of nitrogens with zero attached hydrogens (tertiary/aromatic N) is 2. The summed E-state index contributed by atoms with van der Waals surface area (Å²) in [5.41, 5.74) is 7.15. The highest BCUT2D eigenvalue weighted by Gasteiger charge is 2.39. The number of esters is 2. The molecule has 0 N–H and O–H groups in total. The van der Waals surface area contributed by atoms with E-state index in [1.54, 1.807) is 29.8 Å². The van der Waals surface area contributed by atoms with Crippen molar-refractivity contribution in [1.29, 1.82) is 0 Å². The number of rotatable bonds is 24. The Balaban J connectivity index is 0.757. The van der Waals surface area contributed by atoms with E-state index in [9.17, 15) is 9.59 Å². The standard InChI is InChI=1S/C54H60N2O6S2/c1-59-49-33-43(32-47(51-24-16-30-64-51)52(49)61-28-14-6-12-22-41-20-10-5-11-21-41)35-56-38-45(39-56)54(58)62-53(57)44-36-55(37-44)34-42-25-26-48(46(31-42)50-23-15-29-63-50)60-27-13-3-2-7-17-40-18-8-4-9-19-40/h4-5,8-11,15-16,18-21,23-26,29-33,44-45H,2-3,6-7,12-14,17,22,27-28,34-39H2,1H3. The molecule has 2 aliphatic heterocycles. The Labute approximate surface area is 386 Å². The zero-order valence-electron chi connectivity index (χ0n) is 37.0. The quantitative estimate of drug-likeness (QED) is 0.0338. The summed E-state index contributed by atoms with van der Waals surface area (Å²) in [5.74, 6) is 0.933. The molecule has 2 fully saturated rings.